The molecule has 5 nitrogen and oxygen atoms in total. The SMILES string of the molecule is CC(=O)c1ccc(S(=O)(=O)N2CCn3cccc3[C@@H]2c2ccc(F)cc2)cc1. The highest BCUT2D eigenvalue weighted by Gasteiger charge is 2.37. The molecule has 1 aromatic heterocycles. The molecule has 1 atom stereocenters. The van der Waals surface area contributed by atoms with Crippen molar-refractivity contribution in [2.24, 2.45) is 0 Å². The molecule has 2 heterocycles. The summed E-state index contributed by atoms with van der Waals surface area (Å²) < 4.78 is 43.7. The van der Waals surface area contributed by atoms with Crippen LogP contribution in [0.25, 0.3) is 0 Å². The van der Waals surface area contributed by atoms with Gasteiger partial charge in [0.1, 0.15) is 5.82 Å². The zero-order valence-electron chi connectivity index (χ0n) is 15.2. The molecule has 0 N–H and O–H groups in total. The first-order chi connectivity index (χ1) is 13.4. The van der Waals surface area contributed by atoms with Crippen molar-refractivity contribution in [3.05, 3.63) is 89.5 Å². The molecule has 1 aliphatic rings. The summed E-state index contributed by atoms with van der Waals surface area (Å²) >= 11 is 0. The van der Waals surface area contributed by atoms with Gasteiger partial charge in [0.15, 0.2) is 5.78 Å². The number of carbonyl (C=O) groups excluding carboxylic acids is 1. The summed E-state index contributed by atoms with van der Waals surface area (Å²) in [5, 5.41) is 0. The number of nitrogens with zero attached hydrogens (tertiary/aromatic N) is 2. The number of sulfonamides is 1. The first-order valence-corrected chi connectivity index (χ1v) is 10.4. The number of halogens is 1. The van der Waals surface area contributed by atoms with Crippen LogP contribution in [0.1, 0.15) is 34.6 Å². The standard InChI is InChI=1S/C21H19FN2O3S/c1-15(25)16-6-10-19(11-7-16)28(26,27)24-14-13-23-12-2-3-20(23)21(24)17-4-8-18(22)9-5-17/h2-12,21H,13-14H2,1H3/t21-/m0/s1. The number of rotatable bonds is 4. The molecule has 28 heavy (non-hydrogen) atoms. The van der Waals surface area contributed by atoms with E-state index < -0.39 is 16.1 Å². The van der Waals surface area contributed by atoms with Gasteiger partial charge in [0.05, 0.1) is 10.9 Å². The van der Waals surface area contributed by atoms with Crippen LogP contribution in [0.5, 0.6) is 0 Å². The Labute approximate surface area is 163 Å². The summed E-state index contributed by atoms with van der Waals surface area (Å²) in [6.45, 7) is 2.26. The first kappa shape index (κ1) is 18.6. The summed E-state index contributed by atoms with van der Waals surface area (Å²) in [5.74, 6) is -0.492. The van der Waals surface area contributed by atoms with E-state index in [1.807, 2.05) is 22.9 Å². The largest absolute Gasteiger partial charge is 0.348 e. The maximum atomic E-state index is 13.4. The van der Waals surface area contributed by atoms with E-state index in [-0.39, 0.29) is 16.5 Å². The summed E-state index contributed by atoms with van der Waals surface area (Å²) in [7, 11) is -3.82. The molecule has 3 aromatic rings. The molecule has 0 fully saturated rings. The monoisotopic (exact) mass is 398 g/mol. The fourth-order valence-electron chi connectivity index (χ4n) is 3.60. The van der Waals surface area contributed by atoms with Gasteiger partial charge in [-0.25, -0.2) is 12.8 Å². The van der Waals surface area contributed by atoms with Gasteiger partial charge in [-0.15, -0.1) is 0 Å². The van der Waals surface area contributed by atoms with Gasteiger partial charge in [0, 0.05) is 30.5 Å². The molecular weight excluding hydrogens is 379 g/mol. The lowest BCUT2D eigenvalue weighted by Crippen LogP contribution is -2.42. The maximum Gasteiger partial charge on any atom is 0.244 e. The van der Waals surface area contributed by atoms with E-state index in [0.29, 0.717) is 24.2 Å². The third-order valence-electron chi connectivity index (χ3n) is 5.05. The van der Waals surface area contributed by atoms with E-state index in [1.165, 1.54) is 47.6 Å². The number of hydrogen-bond acceptors (Lipinski definition) is 3. The quantitative estimate of drug-likeness (QED) is 0.631. The van der Waals surface area contributed by atoms with Gasteiger partial charge in [-0.1, -0.05) is 24.3 Å². The van der Waals surface area contributed by atoms with Crippen molar-refractivity contribution in [1.29, 1.82) is 0 Å². The summed E-state index contributed by atoms with van der Waals surface area (Å²) in [6, 6.07) is 15.1. The summed E-state index contributed by atoms with van der Waals surface area (Å²) in [4.78, 5) is 11.6. The van der Waals surface area contributed by atoms with Gasteiger partial charge < -0.3 is 4.57 Å². The lowest BCUT2D eigenvalue weighted by atomic mass is 10.0. The molecule has 1 aliphatic heterocycles. The van der Waals surface area contributed by atoms with Crippen LogP contribution in [-0.4, -0.2) is 29.6 Å². The third kappa shape index (κ3) is 3.16. The van der Waals surface area contributed by atoms with E-state index in [2.05, 4.69) is 0 Å². The molecule has 0 unspecified atom stereocenters. The predicted molar refractivity (Wildman–Crippen MR) is 103 cm³/mol. The Morgan fingerprint density at radius 2 is 1.68 bits per heavy atom. The van der Waals surface area contributed by atoms with E-state index >= 15 is 0 Å². The van der Waals surface area contributed by atoms with Crippen LogP contribution in [0.3, 0.4) is 0 Å². The van der Waals surface area contributed by atoms with Crippen molar-refractivity contribution in [1.82, 2.24) is 8.87 Å². The van der Waals surface area contributed by atoms with Gasteiger partial charge >= 0.3 is 0 Å². The van der Waals surface area contributed by atoms with Crippen LogP contribution in [-0.2, 0) is 16.6 Å². The van der Waals surface area contributed by atoms with Crippen LogP contribution in [0, 0.1) is 5.82 Å². The minimum Gasteiger partial charge on any atom is -0.348 e. The van der Waals surface area contributed by atoms with Gasteiger partial charge in [-0.05, 0) is 48.9 Å². The summed E-state index contributed by atoms with van der Waals surface area (Å²) in [5.41, 5.74) is 1.99. The first-order valence-electron chi connectivity index (χ1n) is 8.91. The summed E-state index contributed by atoms with van der Waals surface area (Å²) in [6.07, 6.45) is 1.91. The fourth-order valence-corrected chi connectivity index (χ4v) is 5.18. The molecule has 0 amide bonds. The van der Waals surface area contributed by atoms with Crippen molar-refractivity contribution in [3.8, 4) is 0 Å². The molecule has 7 heteroatoms. The molecule has 2 aromatic carbocycles. The molecular formula is C21H19FN2O3S. The number of carbonyl (C=O) groups is 1. The molecule has 0 saturated carbocycles. The average molecular weight is 398 g/mol. The smallest absolute Gasteiger partial charge is 0.244 e. The molecule has 0 saturated heterocycles. The molecule has 0 radical (unpaired) electrons. The Morgan fingerprint density at radius 3 is 2.32 bits per heavy atom. The Balaban J connectivity index is 1.80. The predicted octanol–water partition coefficient (Wildman–Crippen LogP) is 3.62. The van der Waals surface area contributed by atoms with Crippen LogP contribution >= 0.6 is 0 Å². The van der Waals surface area contributed by atoms with Gasteiger partial charge in [0.25, 0.3) is 0 Å². The fraction of sp³-hybridized carbons (Fsp3) is 0.190. The second kappa shape index (κ2) is 7.00. The third-order valence-corrected chi connectivity index (χ3v) is 6.93. The van der Waals surface area contributed by atoms with Crippen molar-refractivity contribution >= 4 is 15.8 Å². The highest BCUT2D eigenvalue weighted by atomic mass is 32.2. The lowest BCUT2D eigenvalue weighted by Gasteiger charge is -2.36. The minimum absolute atomic E-state index is 0.121. The zero-order valence-corrected chi connectivity index (χ0v) is 16.1. The van der Waals surface area contributed by atoms with Crippen molar-refractivity contribution < 1.29 is 17.6 Å². The highest BCUT2D eigenvalue weighted by molar-refractivity contribution is 7.89. The number of ketones is 1. The van der Waals surface area contributed by atoms with Crippen molar-refractivity contribution in [3.63, 3.8) is 0 Å². The minimum atomic E-state index is -3.82. The Bertz CT molecular complexity index is 1120. The van der Waals surface area contributed by atoms with Crippen LogP contribution < -0.4 is 0 Å². The van der Waals surface area contributed by atoms with Gasteiger partial charge in [-0.2, -0.15) is 4.31 Å². The molecule has 144 valence electrons. The molecule has 0 spiro atoms. The number of Topliss-reactive ketones (excluding diaryl/α,β-unsaturated/α-hetero) is 1. The van der Waals surface area contributed by atoms with E-state index in [9.17, 15) is 17.6 Å². The topological polar surface area (TPSA) is 59.4 Å². The second-order valence-electron chi connectivity index (χ2n) is 6.78. The van der Waals surface area contributed by atoms with Crippen molar-refractivity contribution in [2.45, 2.75) is 24.4 Å². The van der Waals surface area contributed by atoms with E-state index in [4.69, 9.17) is 0 Å². The average Bonchev–Trinajstić information content (AvgIpc) is 3.17. The van der Waals surface area contributed by atoms with Crippen LogP contribution in [0.4, 0.5) is 4.39 Å². The lowest BCUT2D eigenvalue weighted by molar-refractivity contribution is 0.101. The second-order valence-corrected chi connectivity index (χ2v) is 8.67. The number of hydrogen-bond donors (Lipinski definition) is 0. The van der Waals surface area contributed by atoms with Gasteiger partial charge in [-0.3, -0.25) is 4.79 Å². The number of aromatic nitrogens is 1. The zero-order chi connectivity index (χ0) is 19.9. The van der Waals surface area contributed by atoms with Gasteiger partial charge in [0.2, 0.25) is 10.0 Å². The Hall–Kier alpha value is -2.77. The number of benzene rings is 2. The normalized spacial score (nSPS) is 17.3. The molecule has 0 aliphatic carbocycles. The molecule has 0 bridgehead atoms. The Morgan fingerprint density at radius 1 is 1.00 bits per heavy atom. The highest BCUT2D eigenvalue weighted by Crippen LogP contribution is 2.36. The number of fused-ring (bicyclic) bond motifs is 1. The van der Waals surface area contributed by atoms with E-state index in [0.717, 1.165) is 5.69 Å². The van der Waals surface area contributed by atoms with E-state index in [1.54, 1.807) is 12.1 Å². The maximum absolute atomic E-state index is 13.4. The van der Waals surface area contributed by atoms with Crippen LogP contribution in [0.2, 0.25) is 0 Å². The molecule has 4 rings (SSSR count). The van der Waals surface area contributed by atoms with Crippen LogP contribution in [0.15, 0.2) is 71.8 Å². The van der Waals surface area contributed by atoms with Crippen molar-refractivity contribution in [2.75, 3.05) is 6.54 Å². The Kier molecular flexibility index (Phi) is 4.64.